The molecule has 2 rings (SSSR count). The SMILES string of the molecule is CC.CC1CCC(=O)NC1=O.CCCc1cc(OCCCCC=O)ccc1C=O.CO. The molecular weight excluding hydrogens is 398 g/mol. The quantitative estimate of drug-likeness (QED) is 0.344. The number of unbranched alkanes of at least 4 members (excludes halogenated alkanes) is 2. The van der Waals surface area contributed by atoms with E-state index in [1.54, 1.807) is 6.07 Å². The van der Waals surface area contributed by atoms with E-state index in [4.69, 9.17) is 9.84 Å². The van der Waals surface area contributed by atoms with Crippen LogP contribution < -0.4 is 10.1 Å². The third-order valence-electron chi connectivity index (χ3n) is 4.26. The number of nitrogens with one attached hydrogen (secondary N) is 1. The summed E-state index contributed by atoms with van der Waals surface area (Å²) in [4.78, 5) is 42.2. The Morgan fingerprint density at radius 1 is 1.16 bits per heavy atom. The summed E-state index contributed by atoms with van der Waals surface area (Å²) >= 11 is 0. The lowest BCUT2D eigenvalue weighted by molar-refractivity contribution is -0.135. The zero-order valence-corrected chi connectivity index (χ0v) is 19.6. The second-order valence-corrected chi connectivity index (χ2v) is 6.59. The van der Waals surface area contributed by atoms with Crippen molar-refractivity contribution in [2.24, 2.45) is 5.92 Å². The van der Waals surface area contributed by atoms with Gasteiger partial charge in [0.15, 0.2) is 0 Å². The van der Waals surface area contributed by atoms with Crippen LogP contribution in [0.25, 0.3) is 0 Å². The highest BCUT2D eigenvalue weighted by molar-refractivity contribution is 5.98. The number of imide groups is 1. The highest BCUT2D eigenvalue weighted by atomic mass is 16.5. The van der Waals surface area contributed by atoms with Crippen LogP contribution in [0, 0.1) is 5.92 Å². The molecule has 1 aromatic rings. The molecule has 0 radical (unpaired) electrons. The summed E-state index contributed by atoms with van der Waals surface area (Å²) < 4.78 is 5.61. The number of amides is 2. The summed E-state index contributed by atoms with van der Waals surface area (Å²) in [5.74, 6) is 0.544. The summed E-state index contributed by atoms with van der Waals surface area (Å²) in [7, 11) is 1.00. The van der Waals surface area contributed by atoms with Crippen molar-refractivity contribution in [1.29, 1.82) is 0 Å². The smallest absolute Gasteiger partial charge is 0.229 e. The van der Waals surface area contributed by atoms with Crippen molar-refractivity contribution in [3.63, 3.8) is 0 Å². The van der Waals surface area contributed by atoms with E-state index in [0.29, 0.717) is 25.9 Å². The van der Waals surface area contributed by atoms with Crippen molar-refractivity contribution in [3.05, 3.63) is 29.3 Å². The highest BCUT2D eigenvalue weighted by Gasteiger charge is 2.21. The van der Waals surface area contributed by atoms with Gasteiger partial charge in [-0.3, -0.25) is 19.7 Å². The monoisotopic (exact) mass is 437 g/mol. The van der Waals surface area contributed by atoms with E-state index in [9.17, 15) is 19.2 Å². The van der Waals surface area contributed by atoms with Crippen molar-refractivity contribution in [3.8, 4) is 5.75 Å². The molecule has 1 heterocycles. The fraction of sp³-hybridized carbons (Fsp3) is 0.583. The van der Waals surface area contributed by atoms with E-state index in [-0.39, 0.29) is 17.7 Å². The van der Waals surface area contributed by atoms with Crippen molar-refractivity contribution in [2.45, 2.75) is 72.6 Å². The van der Waals surface area contributed by atoms with Gasteiger partial charge in [0.25, 0.3) is 0 Å². The molecule has 31 heavy (non-hydrogen) atoms. The van der Waals surface area contributed by atoms with Crippen LogP contribution in [0.3, 0.4) is 0 Å². The number of ether oxygens (including phenoxy) is 1. The number of hydrogen-bond acceptors (Lipinski definition) is 6. The third-order valence-corrected chi connectivity index (χ3v) is 4.26. The first-order valence-electron chi connectivity index (χ1n) is 10.9. The highest BCUT2D eigenvalue weighted by Crippen LogP contribution is 2.18. The minimum absolute atomic E-state index is 0.0164. The Hall–Kier alpha value is -2.54. The molecular formula is C24H39NO6. The summed E-state index contributed by atoms with van der Waals surface area (Å²) in [5, 5.41) is 9.25. The zero-order valence-electron chi connectivity index (χ0n) is 19.6. The van der Waals surface area contributed by atoms with Gasteiger partial charge in [0.2, 0.25) is 11.8 Å². The van der Waals surface area contributed by atoms with Crippen LogP contribution >= 0.6 is 0 Å². The van der Waals surface area contributed by atoms with Crippen LogP contribution in [0.4, 0.5) is 0 Å². The molecule has 1 atom stereocenters. The maximum absolute atomic E-state index is 10.9. The molecule has 0 saturated carbocycles. The molecule has 0 aliphatic carbocycles. The van der Waals surface area contributed by atoms with E-state index in [1.165, 1.54) is 0 Å². The second kappa shape index (κ2) is 20.7. The summed E-state index contributed by atoms with van der Waals surface area (Å²) in [6, 6.07) is 5.56. The lowest BCUT2D eigenvalue weighted by atomic mass is 10.0. The predicted molar refractivity (Wildman–Crippen MR) is 122 cm³/mol. The Labute approximate surface area is 186 Å². The van der Waals surface area contributed by atoms with Gasteiger partial charge in [0.1, 0.15) is 18.3 Å². The predicted octanol–water partition coefficient (Wildman–Crippen LogP) is 3.89. The van der Waals surface area contributed by atoms with Gasteiger partial charge in [-0.1, -0.05) is 34.1 Å². The number of aldehydes is 2. The van der Waals surface area contributed by atoms with Crippen molar-refractivity contribution in [1.82, 2.24) is 5.32 Å². The Morgan fingerprint density at radius 2 is 1.84 bits per heavy atom. The van der Waals surface area contributed by atoms with Crippen LogP contribution in [0.15, 0.2) is 18.2 Å². The van der Waals surface area contributed by atoms with E-state index in [2.05, 4.69) is 12.2 Å². The van der Waals surface area contributed by atoms with Crippen LogP contribution in [0.5, 0.6) is 5.75 Å². The molecule has 7 heteroatoms. The number of benzene rings is 1. The standard InChI is InChI=1S/C15H20O3.C6H9NO2.C2H6.CH4O/c1-2-6-13-11-15(8-7-14(13)12-17)18-10-5-3-4-9-16;1-4-2-3-5(8)7-6(4)9;2*1-2/h7-9,11-12H,2-6,10H2,1H3;4H,2-3H2,1H3,(H,7,8,9);1-2H3;2H,1H3. The van der Waals surface area contributed by atoms with Gasteiger partial charge in [0.05, 0.1) is 6.61 Å². The number of carbonyl (C=O) groups excluding carboxylic acids is 4. The first kappa shape index (κ1) is 30.7. The van der Waals surface area contributed by atoms with Crippen molar-refractivity contribution >= 4 is 24.4 Å². The number of piperidine rings is 1. The lowest BCUT2D eigenvalue weighted by Gasteiger charge is -2.15. The fourth-order valence-electron chi connectivity index (χ4n) is 2.59. The molecule has 0 aromatic heterocycles. The molecule has 1 saturated heterocycles. The molecule has 1 aliphatic heterocycles. The van der Waals surface area contributed by atoms with Crippen molar-refractivity contribution in [2.75, 3.05) is 13.7 Å². The maximum atomic E-state index is 10.9. The Kier molecular flexibility index (Phi) is 20.5. The lowest BCUT2D eigenvalue weighted by Crippen LogP contribution is -2.39. The molecule has 7 nitrogen and oxygen atoms in total. The van der Waals surface area contributed by atoms with Gasteiger partial charge in [0, 0.05) is 31.4 Å². The average molecular weight is 438 g/mol. The van der Waals surface area contributed by atoms with Crippen LogP contribution in [0.2, 0.25) is 0 Å². The second-order valence-electron chi connectivity index (χ2n) is 6.59. The number of aryl methyl sites for hydroxylation is 1. The van der Waals surface area contributed by atoms with E-state index in [1.807, 2.05) is 32.9 Å². The maximum Gasteiger partial charge on any atom is 0.229 e. The van der Waals surface area contributed by atoms with Gasteiger partial charge in [-0.25, -0.2) is 0 Å². The molecule has 2 amide bonds. The number of aliphatic hydroxyl groups excluding tert-OH is 1. The van der Waals surface area contributed by atoms with Crippen LogP contribution in [-0.2, 0) is 20.8 Å². The molecule has 1 aliphatic rings. The van der Waals surface area contributed by atoms with Gasteiger partial charge >= 0.3 is 0 Å². The number of carbonyl (C=O) groups is 4. The molecule has 176 valence electrons. The summed E-state index contributed by atoms with van der Waals surface area (Å²) in [6.45, 7) is 8.52. The third kappa shape index (κ3) is 14.2. The molecule has 1 unspecified atom stereocenters. The van der Waals surface area contributed by atoms with E-state index in [0.717, 1.165) is 62.2 Å². The van der Waals surface area contributed by atoms with Gasteiger partial charge in [-0.2, -0.15) is 0 Å². The van der Waals surface area contributed by atoms with Gasteiger partial charge < -0.3 is 14.6 Å². The number of rotatable bonds is 9. The summed E-state index contributed by atoms with van der Waals surface area (Å²) in [5.41, 5.74) is 1.78. The summed E-state index contributed by atoms with van der Waals surface area (Å²) in [6.07, 6.45) is 7.22. The van der Waals surface area contributed by atoms with Crippen LogP contribution in [-0.4, -0.2) is 43.2 Å². The molecule has 1 fully saturated rings. The topological polar surface area (TPSA) is 110 Å². The van der Waals surface area contributed by atoms with E-state index >= 15 is 0 Å². The Morgan fingerprint density at radius 3 is 2.35 bits per heavy atom. The van der Waals surface area contributed by atoms with Gasteiger partial charge in [-0.05, 0) is 49.4 Å². The normalized spacial score (nSPS) is 14.3. The first-order chi connectivity index (χ1) is 15.0. The largest absolute Gasteiger partial charge is 0.494 e. The Bertz CT molecular complexity index is 645. The van der Waals surface area contributed by atoms with Crippen LogP contribution in [0.1, 0.15) is 82.1 Å². The first-order valence-corrected chi connectivity index (χ1v) is 10.9. The Balaban J connectivity index is 0. The van der Waals surface area contributed by atoms with E-state index < -0.39 is 0 Å². The average Bonchev–Trinajstić information content (AvgIpc) is 2.80. The molecule has 0 spiro atoms. The molecule has 1 aromatic carbocycles. The minimum Gasteiger partial charge on any atom is -0.494 e. The van der Waals surface area contributed by atoms with Gasteiger partial charge in [-0.15, -0.1) is 0 Å². The molecule has 0 bridgehead atoms. The number of aliphatic hydroxyl groups is 1. The molecule has 2 N–H and O–H groups in total. The minimum atomic E-state index is -0.141. The fourth-order valence-corrected chi connectivity index (χ4v) is 2.59. The zero-order chi connectivity index (χ0) is 24.1. The van der Waals surface area contributed by atoms with Crippen molar-refractivity contribution < 1.29 is 29.0 Å². The number of hydrogen-bond donors (Lipinski definition) is 2.